The molecule has 0 bridgehead atoms. The third-order valence-electron chi connectivity index (χ3n) is 4.23. The lowest BCUT2D eigenvalue weighted by atomic mass is 10.1. The summed E-state index contributed by atoms with van der Waals surface area (Å²) in [5, 5.41) is 12.4. The van der Waals surface area contributed by atoms with E-state index in [1.807, 2.05) is 33.6 Å². The minimum Gasteiger partial charge on any atom is -0.361 e. The topological polar surface area (TPSA) is 60.0 Å². The maximum absolute atomic E-state index is 4.61. The Hall–Kier alpha value is -3.15. The molecule has 0 saturated carbocycles. The molecule has 0 aliphatic carbocycles. The van der Waals surface area contributed by atoms with E-state index in [-0.39, 0.29) is 6.04 Å². The Kier molecular flexibility index (Phi) is 4.16. The highest BCUT2D eigenvalue weighted by Crippen LogP contribution is 2.22. The molecule has 1 N–H and O–H groups in total. The van der Waals surface area contributed by atoms with Crippen LogP contribution in [-0.2, 0) is 13.0 Å². The van der Waals surface area contributed by atoms with Crippen LogP contribution in [-0.4, -0.2) is 24.4 Å². The molecule has 3 heterocycles. The summed E-state index contributed by atoms with van der Waals surface area (Å²) in [5.41, 5.74) is 3.10. The molecule has 1 atom stereocenters. The number of nitrogens with zero attached hydrogens (tertiary/aromatic N) is 5. The normalized spacial score (nSPS) is 12.4. The van der Waals surface area contributed by atoms with Crippen molar-refractivity contribution in [2.75, 3.05) is 5.32 Å². The highest BCUT2D eigenvalue weighted by molar-refractivity contribution is 5.50. The lowest BCUT2D eigenvalue weighted by Crippen LogP contribution is -2.20. The minimum atomic E-state index is 0.0700. The summed E-state index contributed by atoms with van der Waals surface area (Å²) in [7, 11) is 0. The second-order valence-corrected chi connectivity index (χ2v) is 5.92. The summed E-state index contributed by atoms with van der Waals surface area (Å²) in [5.74, 6) is 0.938. The smallest absolute Gasteiger partial charge is 0.157 e. The van der Waals surface area contributed by atoms with Crippen molar-refractivity contribution in [1.29, 1.82) is 0 Å². The second-order valence-electron chi connectivity index (χ2n) is 5.92. The summed E-state index contributed by atoms with van der Waals surface area (Å²) in [6, 6.07) is 16.4. The first-order valence-corrected chi connectivity index (χ1v) is 8.46. The molecule has 0 saturated heterocycles. The first kappa shape index (κ1) is 15.4. The van der Waals surface area contributed by atoms with Gasteiger partial charge in [0.25, 0.3) is 0 Å². The van der Waals surface area contributed by atoms with Crippen molar-refractivity contribution in [3.8, 4) is 0 Å². The van der Waals surface area contributed by atoms with E-state index < -0.39 is 0 Å². The van der Waals surface area contributed by atoms with Gasteiger partial charge >= 0.3 is 0 Å². The quantitative estimate of drug-likeness (QED) is 0.588. The zero-order valence-electron chi connectivity index (χ0n) is 14.1. The summed E-state index contributed by atoms with van der Waals surface area (Å²) >= 11 is 0. The van der Waals surface area contributed by atoms with Crippen molar-refractivity contribution < 1.29 is 0 Å². The average molecular weight is 332 g/mol. The molecule has 0 fully saturated rings. The number of anilines is 1. The maximum atomic E-state index is 4.61. The van der Waals surface area contributed by atoms with Crippen molar-refractivity contribution in [2.45, 2.75) is 25.9 Å². The van der Waals surface area contributed by atoms with Crippen LogP contribution in [0.4, 0.5) is 5.82 Å². The number of hydrogen-bond donors (Lipinski definition) is 1. The van der Waals surface area contributed by atoms with Gasteiger partial charge in [-0.15, -0.1) is 0 Å². The summed E-state index contributed by atoms with van der Waals surface area (Å²) in [6.45, 7) is 2.83. The number of rotatable bonds is 6. The largest absolute Gasteiger partial charge is 0.361 e. The molecule has 6 nitrogen and oxygen atoms in total. The highest BCUT2D eigenvalue weighted by atomic mass is 15.3. The van der Waals surface area contributed by atoms with E-state index in [0.717, 1.165) is 30.1 Å². The van der Waals surface area contributed by atoms with Gasteiger partial charge in [0.15, 0.2) is 5.65 Å². The predicted octanol–water partition coefficient (Wildman–Crippen LogP) is 3.34. The molecule has 126 valence electrons. The first-order chi connectivity index (χ1) is 12.3. The van der Waals surface area contributed by atoms with E-state index in [1.165, 1.54) is 5.56 Å². The van der Waals surface area contributed by atoms with Crippen molar-refractivity contribution in [1.82, 2.24) is 24.4 Å². The number of nitrogens with one attached hydrogen (secondary N) is 1. The Morgan fingerprint density at radius 3 is 2.68 bits per heavy atom. The van der Waals surface area contributed by atoms with Crippen molar-refractivity contribution >= 4 is 11.5 Å². The van der Waals surface area contributed by atoms with E-state index in [0.29, 0.717) is 0 Å². The third-order valence-corrected chi connectivity index (χ3v) is 4.23. The lowest BCUT2D eigenvalue weighted by molar-refractivity contribution is 0.548. The van der Waals surface area contributed by atoms with Gasteiger partial charge in [-0.3, -0.25) is 4.68 Å². The van der Waals surface area contributed by atoms with Gasteiger partial charge in [-0.25, -0.2) is 4.98 Å². The number of aromatic nitrogens is 5. The van der Waals surface area contributed by atoms with Crippen LogP contribution >= 0.6 is 0 Å². The van der Waals surface area contributed by atoms with Gasteiger partial charge in [-0.1, -0.05) is 37.3 Å². The summed E-state index contributed by atoms with van der Waals surface area (Å²) in [6.07, 6.45) is 6.43. The SMILES string of the molecule is CCc1cc(NC(Cn2cccn2)c2ccccc2)n2nccc2n1. The molecular formula is C19H20N6. The van der Waals surface area contributed by atoms with E-state index >= 15 is 0 Å². The van der Waals surface area contributed by atoms with E-state index in [4.69, 9.17) is 0 Å². The van der Waals surface area contributed by atoms with Gasteiger partial charge < -0.3 is 5.32 Å². The molecule has 4 aromatic rings. The van der Waals surface area contributed by atoms with Crippen molar-refractivity contribution in [2.24, 2.45) is 0 Å². The third kappa shape index (κ3) is 3.24. The Morgan fingerprint density at radius 1 is 1.04 bits per heavy atom. The van der Waals surface area contributed by atoms with Crippen molar-refractivity contribution in [3.05, 3.63) is 78.4 Å². The molecule has 0 aliphatic heterocycles. The van der Waals surface area contributed by atoms with Gasteiger partial charge in [0, 0.05) is 30.2 Å². The van der Waals surface area contributed by atoms with Gasteiger partial charge in [0.1, 0.15) is 5.82 Å². The number of aryl methyl sites for hydroxylation is 1. The zero-order chi connectivity index (χ0) is 17.1. The zero-order valence-corrected chi connectivity index (χ0v) is 14.1. The molecular weight excluding hydrogens is 312 g/mol. The van der Waals surface area contributed by atoms with E-state index in [2.05, 4.69) is 57.8 Å². The predicted molar refractivity (Wildman–Crippen MR) is 97.4 cm³/mol. The van der Waals surface area contributed by atoms with Gasteiger partial charge in [0.2, 0.25) is 0 Å². The van der Waals surface area contributed by atoms with Crippen LogP contribution in [0, 0.1) is 0 Å². The number of benzene rings is 1. The summed E-state index contributed by atoms with van der Waals surface area (Å²) < 4.78 is 3.78. The van der Waals surface area contributed by atoms with Crippen molar-refractivity contribution in [3.63, 3.8) is 0 Å². The van der Waals surface area contributed by atoms with Gasteiger partial charge in [-0.2, -0.15) is 14.7 Å². The van der Waals surface area contributed by atoms with Gasteiger partial charge in [0.05, 0.1) is 18.8 Å². The van der Waals surface area contributed by atoms with E-state index in [9.17, 15) is 0 Å². The summed E-state index contributed by atoms with van der Waals surface area (Å²) in [4.78, 5) is 4.61. The number of hydrogen-bond acceptors (Lipinski definition) is 4. The Balaban J connectivity index is 1.72. The molecule has 0 spiro atoms. The molecule has 4 rings (SSSR count). The molecule has 1 unspecified atom stereocenters. The van der Waals surface area contributed by atoms with Crippen LogP contribution in [0.1, 0.15) is 24.2 Å². The molecule has 0 radical (unpaired) electrons. The fourth-order valence-corrected chi connectivity index (χ4v) is 2.94. The molecule has 25 heavy (non-hydrogen) atoms. The van der Waals surface area contributed by atoms with Crippen LogP contribution in [0.3, 0.4) is 0 Å². The van der Waals surface area contributed by atoms with Gasteiger partial charge in [-0.05, 0) is 18.1 Å². The minimum absolute atomic E-state index is 0.0700. The molecule has 0 amide bonds. The molecule has 0 aliphatic rings. The monoisotopic (exact) mass is 332 g/mol. The van der Waals surface area contributed by atoms with Crippen LogP contribution < -0.4 is 5.32 Å². The molecule has 3 aromatic heterocycles. The highest BCUT2D eigenvalue weighted by Gasteiger charge is 2.15. The Labute approximate surface area is 146 Å². The lowest BCUT2D eigenvalue weighted by Gasteiger charge is -2.21. The molecule has 6 heteroatoms. The van der Waals surface area contributed by atoms with E-state index in [1.54, 1.807) is 12.4 Å². The molecule has 1 aromatic carbocycles. The number of fused-ring (bicyclic) bond motifs is 1. The van der Waals surface area contributed by atoms with Crippen LogP contribution in [0.2, 0.25) is 0 Å². The van der Waals surface area contributed by atoms with Crippen LogP contribution in [0.25, 0.3) is 5.65 Å². The van der Waals surface area contributed by atoms with Crippen LogP contribution in [0.15, 0.2) is 67.1 Å². The maximum Gasteiger partial charge on any atom is 0.157 e. The first-order valence-electron chi connectivity index (χ1n) is 8.46. The average Bonchev–Trinajstić information content (AvgIpc) is 3.33. The Bertz CT molecular complexity index is 943. The Morgan fingerprint density at radius 2 is 1.92 bits per heavy atom. The van der Waals surface area contributed by atoms with Crippen LogP contribution in [0.5, 0.6) is 0 Å². The standard InChI is InChI=1S/C19H20N6/c1-2-16-13-19(25-18(22-16)9-11-21-25)23-17(14-24-12-6-10-20-24)15-7-4-3-5-8-15/h3-13,17,23H,2,14H2,1H3. The fourth-order valence-electron chi connectivity index (χ4n) is 2.94. The second kappa shape index (κ2) is 6.76. The fraction of sp³-hybridized carbons (Fsp3) is 0.211.